The van der Waals surface area contributed by atoms with Crippen molar-refractivity contribution in [1.29, 1.82) is 0 Å². The monoisotopic (exact) mass is 377 g/mol. The van der Waals surface area contributed by atoms with Gasteiger partial charge in [-0.15, -0.1) is 11.3 Å². The Hall–Kier alpha value is -3.45. The summed E-state index contributed by atoms with van der Waals surface area (Å²) in [6.45, 7) is 0. The summed E-state index contributed by atoms with van der Waals surface area (Å²) in [5.41, 5.74) is 1.67. The van der Waals surface area contributed by atoms with Crippen molar-refractivity contribution < 1.29 is 9.53 Å². The van der Waals surface area contributed by atoms with Crippen molar-refractivity contribution in [3.05, 3.63) is 82.1 Å². The van der Waals surface area contributed by atoms with E-state index >= 15 is 0 Å². The van der Waals surface area contributed by atoms with Gasteiger partial charge in [0, 0.05) is 22.8 Å². The normalized spacial score (nSPS) is 10.7. The maximum Gasteiger partial charge on any atom is 0.271 e. The molecule has 2 aromatic carbocycles. The molecule has 27 heavy (non-hydrogen) atoms. The molecule has 1 N–H and O–H groups in total. The molecular weight excluding hydrogens is 362 g/mol. The third-order valence-electron chi connectivity index (χ3n) is 4.09. The molecule has 0 spiro atoms. The fourth-order valence-corrected chi connectivity index (χ4v) is 3.61. The highest BCUT2D eigenvalue weighted by molar-refractivity contribution is 7.15. The van der Waals surface area contributed by atoms with E-state index in [9.17, 15) is 9.59 Å². The summed E-state index contributed by atoms with van der Waals surface area (Å²) in [5, 5.41) is 4.57. The number of hydrogen-bond donors (Lipinski definition) is 1. The van der Waals surface area contributed by atoms with Crippen LogP contribution in [-0.4, -0.2) is 22.4 Å². The summed E-state index contributed by atoms with van der Waals surface area (Å²) in [4.78, 5) is 30.4. The van der Waals surface area contributed by atoms with Gasteiger partial charge < -0.3 is 10.1 Å². The molecule has 0 aliphatic heterocycles. The van der Waals surface area contributed by atoms with Crippen LogP contribution in [0.25, 0.3) is 16.2 Å². The van der Waals surface area contributed by atoms with E-state index in [1.54, 1.807) is 19.2 Å². The maximum atomic E-state index is 13.0. The first-order chi connectivity index (χ1) is 13.2. The molecule has 4 rings (SSSR count). The second-order valence-corrected chi connectivity index (χ2v) is 6.60. The van der Waals surface area contributed by atoms with Crippen LogP contribution >= 0.6 is 11.3 Å². The number of nitrogens with one attached hydrogen (secondary N) is 1. The molecular formula is C20H15N3O3S. The lowest BCUT2D eigenvalue weighted by molar-refractivity contribution is 0.102. The van der Waals surface area contributed by atoms with Crippen LogP contribution in [0.3, 0.4) is 0 Å². The van der Waals surface area contributed by atoms with Gasteiger partial charge in [-0.25, -0.2) is 4.98 Å². The average molecular weight is 377 g/mol. The molecule has 0 saturated heterocycles. The lowest BCUT2D eigenvalue weighted by Crippen LogP contribution is -2.26. The summed E-state index contributed by atoms with van der Waals surface area (Å²) >= 11 is 1.34. The van der Waals surface area contributed by atoms with Crippen molar-refractivity contribution in [2.24, 2.45) is 0 Å². The fraction of sp³-hybridized carbons (Fsp3) is 0.0500. The Balaban J connectivity index is 1.79. The number of aromatic nitrogens is 2. The topological polar surface area (TPSA) is 72.7 Å². The highest BCUT2D eigenvalue weighted by Crippen LogP contribution is 2.27. The Morgan fingerprint density at radius 2 is 1.96 bits per heavy atom. The van der Waals surface area contributed by atoms with E-state index in [1.807, 2.05) is 47.8 Å². The van der Waals surface area contributed by atoms with E-state index in [-0.39, 0.29) is 5.56 Å². The number of thiazole rings is 1. The number of carbonyl (C=O) groups excluding carboxylic acids is 1. The van der Waals surface area contributed by atoms with Gasteiger partial charge in [-0.3, -0.25) is 14.0 Å². The van der Waals surface area contributed by atoms with E-state index in [0.717, 1.165) is 5.56 Å². The van der Waals surface area contributed by atoms with E-state index in [0.29, 0.717) is 22.1 Å². The highest BCUT2D eigenvalue weighted by atomic mass is 32.1. The summed E-state index contributed by atoms with van der Waals surface area (Å²) in [5.74, 6) is 0.196. The van der Waals surface area contributed by atoms with Crippen molar-refractivity contribution in [2.75, 3.05) is 12.4 Å². The average Bonchev–Trinajstić information content (AvgIpc) is 3.14. The van der Waals surface area contributed by atoms with Gasteiger partial charge in [-0.1, -0.05) is 30.3 Å². The molecule has 0 radical (unpaired) electrons. The number of benzene rings is 2. The zero-order chi connectivity index (χ0) is 18.8. The van der Waals surface area contributed by atoms with Crippen LogP contribution in [-0.2, 0) is 0 Å². The minimum Gasteiger partial charge on any atom is -0.497 e. The number of amides is 1. The molecule has 2 aromatic heterocycles. The molecule has 0 fully saturated rings. The van der Waals surface area contributed by atoms with Gasteiger partial charge in [0.2, 0.25) is 0 Å². The number of anilines is 1. The lowest BCUT2D eigenvalue weighted by Gasteiger charge is -2.07. The van der Waals surface area contributed by atoms with Gasteiger partial charge in [0.1, 0.15) is 11.3 Å². The molecule has 134 valence electrons. The van der Waals surface area contributed by atoms with Crippen LogP contribution in [0, 0.1) is 0 Å². The zero-order valence-corrected chi connectivity index (χ0v) is 15.2. The molecule has 0 unspecified atom stereocenters. The number of para-hydroxylation sites is 1. The van der Waals surface area contributed by atoms with Crippen LogP contribution in [0.5, 0.6) is 5.75 Å². The first kappa shape index (κ1) is 17.0. The largest absolute Gasteiger partial charge is 0.497 e. The van der Waals surface area contributed by atoms with Crippen molar-refractivity contribution in [2.45, 2.75) is 0 Å². The third kappa shape index (κ3) is 3.20. The Labute approximate surface area is 158 Å². The Morgan fingerprint density at radius 1 is 1.15 bits per heavy atom. The summed E-state index contributed by atoms with van der Waals surface area (Å²) in [7, 11) is 1.59. The number of rotatable bonds is 4. The molecule has 0 saturated carbocycles. The van der Waals surface area contributed by atoms with Crippen molar-refractivity contribution in [3.63, 3.8) is 0 Å². The quantitative estimate of drug-likeness (QED) is 0.589. The van der Waals surface area contributed by atoms with E-state index in [4.69, 9.17) is 4.74 Å². The number of hydrogen-bond acceptors (Lipinski definition) is 5. The molecule has 4 aromatic rings. The maximum absolute atomic E-state index is 13.0. The Bertz CT molecular complexity index is 1180. The molecule has 0 aliphatic carbocycles. The second-order valence-electron chi connectivity index (χ2n) is 5.77. The van der Waals surface area contributed by atoms with Crippen molar-refractivity contribution in [3.8, 4) is 17.0 Å². The van der Waals surface area contributed by atoms with Crippen LogP contribution in [0.1, 0.15) is 10.4 Å². The van der Waals surface area contributed by atoms with Crippen LogP contribution in [0.2, 0.25) is 0 Å². The molecule has 0 aliphatic rings. The van der Waals surface area contributed by atoms with E-state index in [2.05, 4.69) is 10.3 Å². The van der Waals surface area contributed by atoms with E-state index < -0.39 is 11.5 Å². The summed E-state index contributed by atoms with van der Waals surface area (Å²) in [6.07, 6.45) is 1.32. The van der Waals surface area contributed by atoms with Crippen LogP contribution in [0.15, 0.2) is 71.0 Å². The number of nitrogens with zero attached hydrogens (tertiary/aromatic N) is 2. The zero-order valence-electron chi connectivity index (χ0n) is 14.4. The molecule has 0 atom stereocenters. The molecule has 7 heteroatoms. The summed E-state index contributed by atoms with van der Waals surface area (Å²) < 4.78 is 6.72. The number of carbonyl (C=O) groups is 1. The molecule has 2 heterocycles. The molecule has 0 bridgehead atoms. The second kappa shape index (κ2) is 7.05. The minimum absolute atomic E-state index is 0.0149. The smallest absolute Gasteiger partial charge is 0.271 e. The summed E-state index contributed by atoms with van der Waals surface area (Å²) in [6, 6.07) is 16.4. The third-order valence-corrected chi connectivity index (χ3v) is 4.93. The van der Waals surface area contributed by atoms with Gasteiger partial charge in [0.25, 0.3) is 11.5 Å². The standard InChI is InChI=1S/C20H15N3O3S/c1-26-15-9-5-6-13(10-15)17-12-27-20-21-11-16(19(25)23(17)20)18(24)22-14-7-3-2-4-8-14/h2-12H,1H3,(H,22,24). The number of fused-ring (bicyclic) bond motifs is 1. The minimum atomic E-state index is -0.490. The van der Waals surface area contributed by atoms with Gasteiger partial charge in [0.05, 0.1) is 12.8 Å². The van der Waals surface area contributed by atoms with Gasteiger partial charge in [-0.05, 0) is 24.3 Å². The lowest BCUT2D eigenvalue weighted by atomic mass is 10.1. The fourth-order valence-electron chi connectivity index (χ4n) is 2.75. The van der Waals surface area contributed by atoms with Gasteiger partial charge >= 0.3 is 0 Å². The first-order valence-corrected chi connectivity index (χ1v) is 9.05. The highest BCUT2D eigenvalue weighted by Gasteiger charge is 2.17. The van der Waals surface area contributed by atoms with Gasteiger partial charge in [-0.2, -0.15) is 0 Å². The number of ether oxygens (including phenoxy) is 1. The first-order valence-electron chi connectivity index (χ1n) is 8.17. The SMILES string of the molecule is COc1cccc(-c2csc3ncc(C(=O)Nc4ccccc4)c(=O)n23)c1. The van der Waals surface area contributed by atoms with Crippen LogP contribution < -0.4 is 15.6 Å². The van der Waals surface area contributed by atoms with Crippen molar-refractivity contribution >= 4 is 27.9 Å². The number of methoxy groups -OCH3 is 1. The predicted molar refractivity (Wildman–Crippen MR) is 106 cm³/mol. The van der Waals surface area contributed by atoms with Gasteiger partial charge in [0.15, 0.2) is 4.96 Å². The molecule has 1 amide bonds. The predicted octanol–water partition coefficient (Wildman–Crippen LogP) is 3.68. The van der Waals surface area contributed by atoms with E-state index in [1.165, 1.54) is 21.9 Å². The Morgan fingerprint density at radius 3 is 2.74 bits per heavy atom. The Kier molecular flexibility index (Phi) is 4.43. The molecule has 6 nitrogen and oxygen atoms in total. The van der Waals surface area contributed by atoms with Crippen LogP contribution in [0.4, 0.5) is 5.69 Å². The van der Waals surface area contributed by atoms with Crippen molar-refractivity contribution in [1.82, 2.24) is 9.38 Å².